The lowest BCUT2D eigenvalue weighted by atomic mass is 10.1. The second-order valence-electron chi connectivity index (χ2n) is 5.23. The van der Waals surface area contributed by atoms with Gasteiger partial charge in [0.1, 0.15) is 5.75 Å². The Kier molecular flexibility index (Phi) is 3.74. The first-order valence-electron chi connectivity index (χ1n) is 7.03. The van der Waals surface area contributed by atoms with Crippen LogP contribution in [-0.4, -0.2) is 40.0 Å². The van der Waals surface area contributed by atoms with Crippen LogP contribution in [0, 0.1) is 0 Å². The number of nitrogen functional groups attached to an aromatic ring is 1. The van der Waals surface area contributed by atoms with Gasteiger partial charge in [-0.3, -0.25) is 0 Å². The molecule has 1 aliphatic heterocycles. The molecule has 0 radical (unpaired) electrons. The summed E-state index contributed by atoms with van der Waals surface area (Å²) >= 11 is 0. The van der Waals surface area contributed by atoms with E-state index in [1.54, 1.807) is 17.9 Å². The molecule has 2 heterocycles. The first-order valence-corrected chi connectivity index (χ1v) is 7.03. The van der Waals surface area contributed by atoms with Crippen LogP contribution in [0.3, 0.4) is 0 Å². The molecule has 2 N–H and O–H groups in total. The van der Waals surface area contributed by atoms with Gasteiger partial charge >= 0.3 is 0 Å². The molecule has 1 aromatic heterocycles. The molecular formula is C14H19N5O2. The molecule has 1 aromatic carbocycles. The van der Waals surface area contributed by atoms with Gasteiger partial charge in [0.25, 0.3) is 0 Å². The maximum Gasteiger partial charge on any atom is 0.182 e. The third-order valence-electron chi connectivity index (χ3n) is 3.80. The molecule has 0 amide bonds. The second kappa shape index (κ2) is 5.69. The number of aromatic nitrogens is 4. The molecule has 3 rings (SSSR count). The molecule has 0 aliphatic carbocycles. The van der Waals surface area contributed by atoms with Crippen LogP contribution in [0.2, 0.25) is 0 Å². The maximum absolute atomic E-state index is 5.91. The van der Waals surface area contributed by atoms with Gasteiger partial charge in [-0.25, -0.2) is 4.68 Å². The van der Waals surface area contributed by atoms with Crippen molar-refractivity contribution in [3.63, 3.8) is 0 Å². The van der Waals surface area contributed by atoms with E-state index in [-0.39, 0.29) is 12.1 Å². The lowest BCUT2D eigenvalue weighted by Crippen LogP contribution is -2.22. The first-order chi connectivity index (χ1) is 10.2. The van der Waals surface area contributed by atoms with E-state index >= 15 is 0 Å². The quantitative estimate of drug-likeness (QED) is 0.861. The molecular weight excluding hydrogens is 270 g/mol. The fraction of sp³-hybridized carbons (Fsp3) is 0.500. The van der Waals surface area contributed by atoms with Crippen molar-refractivity contribution >= 4 is 5.69 Å². The number of tetrazole rings is 1. The summed E-state index contributed by atoms with van der Waals surface area (Å²) in [6.07, 6.45) is 2.26. The molecule has 0 spiro atoms. The van der Waals surface area contributed by atoms with E-state index in [9.17, 15) is 0 Å². The minimum Gasteiger partial charge on any atom is -0.497 e. The number of benzene rings is 1. The van der Waals surface area contributed by atoms with Gasteiger partial charge in [0.2, 0.25) is 0 Å². The summed E-state index contributed by atoms with van der Waals surface area (Å²) in [5.41, 5.74) is 7.36. The molecule has 7 heteroatoms. The van der Waals surface area contributed by atoms with Crippen molar-refractivity contribution in [2.75, 3.05) is 19.5 Å². The van der Waals surface area contributed by atoms with E-state index in [1.807, 2.05) is 12.1 Å². The highest BCUT2D eigenvalue weighted by Gasteiger charge is 2.27. The summed E-state index contributed by atoms with van der Waals surface area (Å²) in [5, 5.41) is 12.0. The van der Waals surface area contributed by atoms with Crippen LogP contribution in [0.4, 0.5) is 5.69 Å². The summed E-state index contributed by atoms with van der Waals surface area (Å²) in [7, 11) is 1.61. The minimum absolute atomic E-state index is 0.0740. The number of nitrogens with zero attached hydrogens (tertiary/aromatic N) is 4. The Balaban J connectivity index is 1.96. The lowest BCUT2D eigenvalue weighted by Gasteiger charge is -2.19. The molecule has 112 valence electrons. The third-order valence-corrected chi connectivity index (χ3v) is 3.80. The van der Waals surface area contributed by atoms with Gasteiger partial charge in [0.15, 0.2) is 5.82 Å². The Hall–Kier alpha value is -2.15. The van der Waals surface area contributed by atoms with Gasteiger partial charge in [-0.05, 0) is 42.3 Å². The highest BCUT2D eigenvalue weighted by Crippen LogP contribution is 2.30. The molecule has 2 atom stereocenters. The third kappa shape index (κ3) is 2.69. The summed E-state index contributed by atoms with van der Waals surface area (Å²) < 4.78 is 12.8. The molecule has 0 bridgehead atoms. The smallest absolute Gasteiger partial charge is 0.182 e. The topological polar surface area (TPSA) is 88.1 Å². The normalized spacial score (nSPS) is 19.6. The van der Waals surface area contributed by atoms with Crippen molar-refractivity contribution in [1.82, 2.24) is 20.2 Å². The maximum atomic E-state index is 5.91. The Morgan fingerprint density at radius 2 is 2.29 bits per heavy atom. The van der Waals surface area contributed by atoms with Gasteiger partial charge < -0.3 is 15.2 Å². The van der Waals surface area contributed by atoms with E-state index in [0.717, 1.165) is 25.0 Å². The highest BCUT2D eigenvalue weighted by molar-refractivity contribution is 5.64. The Labute approximate surface area is 123 Å². The zero-order valence-corrected chi connectivity index (χ0v) is 12.2. The summed E-state index contributed by atoms with van der Waals surface area (Å²) in [6.45, 7) is 2.87. The van der Waals surface area contributed by atoms with Crippen LogP contribution in [-0.2, 0) is 4.74 Å². The molecule has 21 heavy (non-hydrogen) atoms. The molecule has 1 fully saturated rings. The largest absolute Gasteiger partial charge is 0.497 e. The first kappa shape index (κ1) is 13.8. The fourth-order valence-corrected chi connectivity index (χ4v) is 2.67. The Morgan fingerprint density at radius 1 is 1.43 bits per heavy atom. The van der Waals surface area contributed by atoms with Crippen molar-refractivity contribution in [1.29, 1.82) is 0 Å². The highest BCUT2D eigenvalue weighted by atomic mass is 16.5. The summed E-state index contributed by atoms with van der Waals surface area (Å²) in [4.78, 5) is 0. The number of ether oxygens (including phenoxy) is 2. The lowest BCUT2D eigenvalue weighted by molar-refractivity contribution is 0.0690. The fourth-order valence-electron chi connectivity index (χ4n) is 2.67. The second-order valence-corrected chi connectivity index (χ2v) is 5.23. The van der Waals surface area contributed by atoms with E-state index in [1.165, 1.54) is 0 Å². The van der Waals surface area contributed by atoms with Gasteiger partial charge in [0, 0.05) is 23.9 Å². The number of hydrogen-bond donors (Lipinski definition) is 1. The van der Waals surface area contributed by atoms with Crippen LogP contribution in [0.1, 0.15) is 25.8 Å². The van der Waals surface area contributed by atoms with Crippen LogP contribution in [0.5, 0.6) is 5.75 Å². The zero-order chi connectivity index (χ0) is 14.8. The predicted octanol–water partition coefficient (Wildman–Crippen LogP) is 1.67. The van der Waals surface area contributed by atoms with Crippen molar-refractivity contribution in [2.45, 2.75) is 31.9 Å². The van der Waals surface area contributed by atoms with Crippen molar-refractivity contribution < 1.29 is 9.47 Å². The molecule has 2 unspecified atom stereocenters. The van der Waals surface area contributed by atoms with Gasteiger partial charge in [-0.15, -0.1) is 5.10 Å². The van der Waals surface area contributed by atoms with E-state index in [0.29, 0.717) is 17.3 Å². The Bertz CT molecular complexity index is 622. The van der Waals surface area contributed by atoms with E-state index in [4.69, 9.17) is 15.2 Å². The van der Waals surface area contributed by atoms with Crippen molar-refractivity contribution in [2.24, 2.45) is 0 Å². The summed E-state index contributed by atoms with van der Waals surface area (Å²) in [6, 6.07) is 5.56. The monoisotopic (exact) mass is 289 g/mol. The van der Waals surface area contributed by atoms with Crippen molar-refractivity contribution in [3.8, 4) is 17.1 Å². The van der Waals surface area contributed by atoms with E-state index < -0.39 is 0 Å². The molecule has 1 aliphatic rings. The van der Waals surface area contributed by atoms with Gasteiger partial charge in [-0.2, -0.15) is 0 Å². The summed E-state index contributed by atoms with van der Waals surface area (Å²) in [5.74, 6) is 1.35. The number of methoxy groups -OCH3 is 1. The van der Waals surface area contributed by atoms with Crippen molar-refractivity contribution in [3.05, 3.63) is 18.2 Å². The van der Waals surface area contributed by atoms with Crippen LogP contribution < -0.4 is 10.5 Å². The average Bonchev–Trinajstić information content (AvgIpc) is 3.17. The van der Waals surface area contributed by atoms with Crippen LogP contribution in [0.15, 0.2) is 18.2 Å². The predicted molar refractivity (Wildman–Crippen MR) is 77.9 cm³/mol. The molecule has 1 saturated heterocycles. The van der Waals surface area contributed by atoms with E-state index in [2.05, 4.69) is 22.4 Å². The molecule has 2 aromatic rings. The average molecular weight is 289 g/mol. The number of rotatable bonds is 4. The molecule has 0 saturated carbocycles. The van der Waals surface area contributed by atoms with Gasteiger partial charge in [0.05, 0.1) is 19.3 Å². The SMILES string of the molecule is COc1cc(N)cc(-c2nnnn2C(C)C2CCCO2)c1. The number of nitrogens with two attached hydrogens (primary N) is 1. The zero-order valence-electron chi connectivity index (χ0n) is 12.2. The molecule has 7 nitrogen and oxygen atoms in total. The van der Waals surface area contributed by atoms with Gasteiger partial charge in [-0.1, -0.05) is 0 Å². The Morgan fingerprint density at radius 3 is 3.00 bits per heavy atom. The number of hydrogen-bond acceptors (Lipinski definition) is 6. The minimum atomic E-state index is 0.0740. The van der Waals surface area contributed by atoms with Crippen LogP contribution >= 0.6 is 0 Å². The van der Waals surface area contributed by atoms with Crippen LogP contribution in [0.25, 0.3) is 11.4 Å². The number of anilines is 1. The standard InChI is InChI=1S/C14H19N5O2/c1-9(13-4-3-5-21-13)19-14(16-17-18-19)10-6-11(15)8-12(7-10)20-2/h6-9,13H,3-5,15H2,1-2H3.